The summed E-state index contributed by atoms with van der Waals surface area (Å²) in [5.74, 6) is -1.86. The van der Waals surface area contributed by atoms with Crippen LogP contribution < -0.4 is 0 Å². The summed E-state index contributed by atoms with van der Waals surface area (Å²) in [5, 5.41) is 4.32. The monoisotopic (exact) mass is 384 g/mol. The van der Waals surface area contributed by atoms with Gasteiger partial charge in [-0.25, -0.2) is 17.2 Å². The topological polar surface area (TPSA) is 58.4 Å². The van der Waals surface area contributed by atoms with Gasteiger partial charge < -0.3 is 0 Å². The molecule has 0 unspecified atom stereocenters. The number of aromatic nitrogens is 2. The first-order valence-corrected chi connectivity index (χ1v) is 9.95. The summed E-state index contributed by atoms with van der Waals surface area (Å²) in [4.78, 5) is 1.67. The molecule has 0 atom stereocenters. The van der Waals surface area contributed by atoms with Crippen LogP contribution in [0, 0.1) is 18.6 Å². The van der Waals surface area contributed by atoms with Gasteiger partial charge in [-0.15, -0.1) is 0 Å². The molecule has 9 heteroatoms. The van der Waals surface area contributed by atoms with Gasteiger partial charge in [0, 0.05) is 56.6 Å². The lowest BCUT2D eigenvalue weighted by Gasteiger charge is -2.33. The Hall–Kier alpha value is -1.84. The van der Waals surface area contributed by atoms with Gasteiger partial charge in [-0.2, -0.15) is 9.40 Å². The third kappa shape index (κ3) is 3.65. The minimum absolute atomic E-state index is 0.264. The van der Waals surface area contributed by atoms with E-state index in [-0.39, 0.29) is 13.1 Å². The molecule has 2 heterocycles. The Kier molecular flexibility index (Phi) is 5.40. The van der Waals surface area contributed by atoms with Crippen molar-refractivity contribution in [3.8, 4) is 0 Å². The largest absolute Gasteiger partial charge is 0.296 e. The Bertz CT molecular complexity index is 890. The van der Waals surface area contributed by atoms with Crippen LogP contribution >= 0.6 is 0 Å². The van der Waals surface area contributed by atoms with E-state index < -0.39 is 26.6 Å². The van der Waals surface area contributed by atoms with Crippen LogP contribution in [0.3, 0.4) is 0 Å². The second-order valence-electron chi connectivity index (χ2n) is 6.33. The average Bonchev–Trinajstić information content (AvgIpc) is 2.95. The van der Waals surface area contributed by atoms with Crippen LogP contribution in [0.5, 0.6) is 0 Å². The van der Waals surface area contributed by atoms with Crippen molar-refractivity contribution in [3.05, 3.63) is 47.3 Å². The zero-order valence-electron chi connectivity index (χ0n) is 14.8. The molecule has 1 aliphatic heterocycles. The zero-order chi connectivity index (χ0) is 18.9. The van der Waals surface area contributed by atoms with Crippen LogP contribution in [0.4, 0.5) is 8.78 Å². The van der Waals surface area contributed by atoms with Crippen LogP contribution in [0.2, 0.25) is 0 Å². The summed E-state index contributed by atoms with van der Waals surface area (Å²) in [6.45, 7) is 7.16. The van der Waals surface area contributed by atoms with Crippen LogP contribution in [0.15, 0.2) is 29.3 Å². The van der Waals surface area contributed by atoms with Gasteiger partial charge in [0.15, 0.2) is 0 Å². The lowest BCUT2D eigenvalue weighted by atomic mass is 10.2. The molecule has 2 aromatic rings. The lowest BCUT2D eigenvalue weighted by Crippen LogP contribution is -2.48. The maximum absolute atomic E-state index is 13.9. The van der Waals surface area contributed by atoms with E-state index >= 15 is 0 Å². The smallest absolute Gasteiger partial charge is 0.246 e. The zero-order valence-corrected chi connectivity index (χ0v) is 15.6. The van der Waals surface area contributed by atoms with Crippen LogP contribution in [0.1, 0.15) is 18.2 Å². The first-order chi connectivity index (χ1) is 12.3. The molecule has 0 saturated carbocycles. The van der Waals surface area contributed by atoms with E-state index in [1.165, 1.54) is 4.31 Å². The maximum Gasteiger partial charge on any atom is 0.246 e. The highest BCUT2D eigenvalue weighted by Crippen LogP contribution is 2.22. The third-order valence-corrected chi connectivity index (χ3v) is 6.67. The molecule has 0 radical (unpaired) electrons. The van der Waals surface area contributed by atoms with Gasteiger partial charge in [-0.05, 0) is 26.0 Å². The molecular weight excluding hydrogens is 362 g/mol. The summed E-state index contributed by atoms with van der Waals surface area (Å²) in [5.41, 5.74) is 2.23. The van der Waals surface area contributed by atoms with Crippen molar-refractivity contribution in [3.63, 3.8) is 0 Å². The van der Waals surface area contributed by atoms with E-state index in [4.69, 9.17) is 0 Å². The summed E-state index contributed by atoms with van der Waals surface area (Å²) in [6, 6.07) is 2.53. The first kappa shape index (κ1) is 18.9. The fourth-order valence-corrected chi connectivity index (χ4v) is 4.62. The predicted molar refractivity (Wildman–Crippen MR) is 93.0 cm³/mol. The average molecular weight is 384 g/mol. The number of hydrogen-bond donors (Lipinski definition) is 0. The summed E-state index contributed by atoms with van der Waals surface area (Å²) in [6.07, 6.45) is 1.84. The summed E-state index contributed by atoms with van der Waals surface area (Å²) >= 11 is 0. The molecule has 3 rings (SSSR count). The van der Waals surface area contributed by atoms with Gasteiger partial charge in [0.05, 0.1) is 6.20 Å². The lowest BCUT2D eigenvalue weighted by molar-refractivity contribution is 0.181. The Morgan fingerprint density at radius 1 is 1.15 bits per heavy atom. The minimum atomic E-state index is -3.97. The molecule has 0 spiro atoms. The molecule has 6 nitrogen and oxygen atoms in total. The van der Waals surface area contributed by atoms with Crippen molar-refractivity contribution in [1.29, 1.82) is 0 Å². The number of aryl methyl sites for hydroxylation is 1. The van der Waals surface area contributed by atoms with Crippen molar-refractivity contribution in [2.75, 3.05) is 26.2 Å². The molecule has 142 valence electrons. The number of halogens is 2. The fraction of sp³-hybridized carbons (Fsp3) is 0.471. The number of benzene rings is 1. The standard InChI is InChI=1S/C17H22F2N4O2S/c1-3-23-13(2)14(11-20-23)12-21-6-8-22(9-7-21)26(24,25)17-5-4-15(18)10-16(17)19/h4-5,10-11H,3,6-9,12H2,1-2H3. The molecule has 26 heavy (non-hydrogen) atoms. The molecule has 1 aliphatic rings. The van der Waals surface area contributed by atoms with E-state index in [0.29, 0.717) is 25.7 Å². The van der Waals surface area contributed by atoms with Crippen molar-refractivity contribution in [2.24, 2.45) is 0 Å². The molecule has 1 aromatic heterocycles. The van der Waals surface area contributed by atoms with Crippen LogP contribution in [-0.4, -0.2) is 53.6 Å². The quantitative estimate of drug-likeness (QED) is 0.791. The second-order valence-corrected chi connectivity index (χ2v) is 8.23. The molecule has 1 saturated heterocycles. The third-order valence-electron chi connectivity index (χ3n) is 4.74. The van der Waals surface area contributed by atoms with Crippen molar-refractivity contribution in [1.82, 2.24) is 19.0 Å². The fourth-order valence-electron chi connectivity index (χ4n) is 3.15. The van der Waals surface area contributed by atoms with E-state index in [0.717, 1.165) is 29.9 Å². The number of hydrogen-bond acceptors (Lipinski definition) is 4. The summed E-state index contributed by atoms with van der Waals surface area (Å²) in [7, 11) is -3.97. The number of sulfonamides is 1. The number of piperazine rings is 1. The Morgan fingerprint density at radius 2 is 1.85 bits per heavy atom. The van der Waals surface area contributed by atoms with Gasteiger partial charge in [0.25, 0.3) is 0 Å². The van der Waals surface area contributed by atoms with Gasteiger partial charge >= 0.3 is 0 Å². The predicted octanol–water partition coefficient (Wildman–Crippen LogP) is 2.00. The number of nitrogens with zero attached hydrogens (tertiary/aromatic N) is 4. The normalized spacial score (nSPS) is 16.9. The second kappa shape index (κ2) is 7.42. The first-order valence-electron chi connectivity index (χ1n) is 8.51. The maximum atomic E-state index is 13.9. The molecule has 0 bridgehead atoms. The molecule has 1 fully saturated rings. The highest BCUT2D eigenvalue weighted by atomic mass is 32.2. The highest BCUT2D eigenvalue weighted by molar-refractivity contribution is 7.89. The molecule has 0 aliphatic carbocycles. The Balaban J connectivity index is 1.66. The van der Waals surface area contributed by atoms with Gasteiger partial charge in [0.1, 0.15) is 16.5 Å². The van der Waals surface area contributed by atoms with Gasteiger partial charge in [0.2, 0.25) is 10.0 Å². The van der Waals surface area contributed by atoms with Gasteiger partial charge in [-0.1, -0.05) is 0 Å². The molecule has 0 N–H and O–H groups in total. The number of rotatable bonds is 5. The van der Waals surface area contributed by atoms with Crippen molar-refractivity contribution < 1.29 is 17.2 Å². The minimum Gasteiger partial charge on any atom is -0.296 e. The summed E-state index contributed by atoms with van der Waals surface area (Å²) < 4.78 is 55.3. The van der Waals surface area contributed by atoms with Crippen LogP contribution in [-0.2, 0) is 23.1 Å². The van der Waals surface area contributed by atoms with E-state index in [1.807, 2.05) is 24.7 Å². The molecule has 0 amide bonds. The van der Waals surface area contributed by atoms with Crippen LogP contribution in [0.25, 0.3) is 0 Å². The van der Waals surface area contributed by atoms with Crippen molar-refractivity contribution >= 4 is 10.0 Å². The Labute approximate surface area is 152 Å². The van der Waals surface area contributed by atoms with Gasteiger partial charge in [-0.3, -0.25) is 9.58 Å². The SMILES string of the molecule is CCn1ncc(CN2CCN(S(=O)(=O)c3ccc(F)cc3F)CC2)c1C. The van der Waals surface area contributed by atoms with E-state index in [2.05, 4.69) is 10.00 Å². The van der Waals surface area contributed by atoms with Crippen molar-refractivity contribution in [2.45, 2.75) is 31.8 Å². The molecular formula is C17H22F2N4O2S. The van der Waals surface area contributed by atoms with E-state index in [1.54, 1.807) is 0 Å². The van der Waals surface area contributed by atoms with E-state index in [9.17, 15) is 17.2 Å². The highest BCUT2D eigenvalue weighted by Gasteiger charge is 2.31. The Morgan fingerprint density at radius 3 is 2.42 bits per heavy atom. The molecule has 1 aromatic carbocycles.